The number of allylic oxidation sites excluding steroid dienone is 10. The third kappa shape index (κ3) is 44.0. The summed E-state index contributed by atoms with van der Waals surface area (Å²) in [6, 6.07) is -0.729. The van der Waals surface area contributed by atoms with Crippen molar-refractivity contribution >= 4 is 17.9 Å². The van der Waals surface area contributed by atoms with Crippen LogP contribution in [0.4, 0.5) is 0 Å². The van der Waals surface area contributed by atoms with Gasteiger partial charge >= 0.3 is 11.9 Å². The van der Waals surface area contributed by atoms with E-state index in [9.17, 15) is 19.5 Å². The van der Waals surface area contributed by atoms with Crippen molar-refractivity contribution < 1.29 is 38.2 Å². The van der Waals surface area contributed by atoms with Crippen molar-refractivity contribution in [2.24, 2.45) is 0 Å². The fraction of sp³-hybridized carbons (Fsp3) is 0.764. The zero-order valence-electron chi connectivity index (χ0n) is 41.5. The second kappa shape index (κ2) is 45.6. The van der Waals surface area contributed by atoms with Gasteiger partial charge in [0.25, 0.3) is 0 Å². The standard InChI is InChI=1S/C55H97NO7/c1-6-8-10-12-14-16-18-20-22-24-26-28-30-32-34-36-38-40-42-44-46-54(58)63-51(49-61-48-47-52(55(59)60)56(3,4)5)50-62-53(57)45-43-41-39-37-35-33-31-29-27-25-23-21-19-17-15-13-11-9-7-2/h9,11,15-18,20-23,51-52H,6-8,10,12-14,19,24-50H2,1-5H3/b11-9+,17-15+,18-16+,22-20+,23-21+. The SMILES string of the molecule is CC/C=C/C/C=C/C/C=C/CCCCCCCCCCCC(=O)OCC(COCCC(C(=O)[O-])[N+](C)(C)C)OC(=O)CCCCCCCCCCCC/C=C/C=C/CCCCCC. The van der Waals surface area contributed by atoms with Crippen LogP contribution in [0.25, 0.3) is 0 Å². The largest absolute Gasteiger partial charge is 0.544 e. The molecule has 2 atom stereocenters. The lowest BCUT2D eigenvalue weighted by atomic mass is 10.1. The molecule has 0 aromatic rings. The number of carbonyl (C=O) groups excluding carboxylic acids is 3. The monoisotopic (exact) mass is 884 g/mol. The number of carboxylic acid groups (broad SMARTS) is 1. The van der Waals surface area contributed by atoms with Crippen LogP contribution in [-0.4, -0.2) is 75.5 Å². The van der Waals surface area contributed by atoms with Crippen molar-refractivity contribution in [1.29, 1.82) is 0 Å². The smallest absolute Gasteiger partial charge is 0.306 e. The number of unbranched alkanes of at least 4 members (excludes halogenated alkanes) is 23. The number of carboxylic acids is 1. The predicted octanol–water partition coefficient (Wildman–Crippen LogP) is 13.6. The lowest BCUT2D eigenvalue weighted by Crippen LogP contribution is -2.55. The number of hydrogen-bond donors (Lipinski definition) is 0. The summed E-state index contributed by atoms with van der Waals surface area (Å²) in [6.45, 7) is 4.54. The molecule has 0 aliphatic heterocycles. The van der Waals surface area contributed by atoms with Gasteiger partial charge in [0, 0.05) is 19.3 Å². The van der Waals surface area contributed by atoms with Crippen molar-refractivity contribution in [2.45, 2.75) is 231 Å². The molecule has 2 unspecified atom stereocenters. The first-order valence-corrected chi connectivity index (χ1v) is 25.8. The molecule has 0 aliphatic rings. The highest BCUT2D eigenvalue weighted by molar-refractivity contribution is 5.70. The zero-order chi connectivity index (χ0) is 46.3. The molecule has 8 nitrogen and oxygen atoms in total. The number of aliphatic carboxylic acids is 1. The molecule has 364 valence electrons. The van der Waals surface area contributed by atoms with Crippen LogP contribution in [0.15, 0.2) is 60.8 Å². The molecule has 0 spiro atoms. The maximum atomic E-state index is 12.8. The van der Waals surface area contributed by atoms with Gasteiger partial charge in [-0.2, -0.15) is 0 Å². The normalized spacial score (nSPS) is 13.3. The number of quaternary nitrogens is 1. The second-order valence-electron chi connectivity index (χ2n) is 18.4. The summed E-state index contributed by atoms with van der Waals surface area (Å²) in [6.07, 6.45) is 56.7. The number of nitrogens with zero attached hydrogens (tertiary/aromatic N) is 1. The topological polar surface area (TPSA) is 102 Å². The van der Waals surface area contributed by atoms with Crippen LogP contribution in [0.1, 0.15) is 219 Å². The van der Waals surface area contributed by atoms with Crippen molar-refractivity contribution in [3.8, 4) is 0 Å². The fourth-order valence-corrected chi connectivity index (χ4v) is 7.43. The van der Waals surface area contributed by atoms with Crippen LogP contribution in [0.5, 0.6) is 0 Å². The Morgan fingerprint density at radius 1 is 0.508 bits per heavy atom. The lowest BCUT2D eigenvalue weighted by Gasteiger charge is -2.34. The fourth-order valence-electron chi connectivity index (χ4n) is 7.43. The molecule has 8 heteroatoms. The Hall–Kier alpha value is -2.97. The quantitative estimate of drug-likeness (QED) is 0.0197. The van der Waals surface area contributed by atoms with Gasteiger partial charge < -0.3 is 28.6 Å². The Morgan fingerprint density at radius 3 is 1.41 bits per heavy atom. The maximum absolute atomic E-state index is 12.8. The Bertz CT molecular complexity index is 1210. The molecule has 0 aromatic carbocycles. The van der Waals surface area contributed by atoms with Gasteiger partial charge in [0.2, 0.25) is 0 Å². The summed E-state index contributed by atoms with van der Waals surface area (Å²) in [5.41, 5.74) is 0. The molecule has 0 fully saturated rings. The molecular formula is C55H97NO7. The molecule has 0 radical (unpaired) electrons. The van der Waals surface area contributed by atoms with E-state index in [1.807, 2.05) is 0 Å². The van der Waals surface area contributed by atoms with Crippen LogP contribution in [-0.2, 0) is 28.6 Å². The Balaban J connectivity index is 4.25. The van der Waals surface area contributed by atoms with E-state index in [4.69, 9.17) is 14.2 Å². The highest BCUT2D eigenvalue weighted by atomic mass is 16.6. The van der Waals surface area contributed by atoms with Crippen LogP contribution < -0.4 is 5.11 Å². The minimum Gasteiger partial charge on any atom is -0.544 e. The summed E-state index contributed by atoms with van der Waals surface area (Å²) >= 11 is 0. The van der Waals surface area contributed by atoms with Crippen molar-refractivity contribution in [1.82, 2.24) is 0 Å². The van der Waals surface area contributed by atoms with Crippen molar-refractivity contribution in [3.05, 3.63) is 60.8 Å². The van der Waals surface area contributed by atoms with Gasteiger partial charge in [-0.1, -0.05) is 190 Å². The molecule has 0 saturated heterocycles. The summed E-state index contributed by atoms with van der Waals surface area (Å²) in [4.78, 5) is 37.1. The second-order valence-corrected chi connectivity index (χ2v) is 18.4. The average Bonchev–Trinajstić information content (AvgIpc) is 3.24. The number of carbonyl (C=O) groups is 3. The maximum Gasteiger partial charge on any atom is 0.306 e. The van der Waals surface area contributed by atoms with Gasteiger partial charge in [-0.25, -0.2) is 0 Å². The molecular weight excluding hydrogens is 787 g/mol. The van der Waals surface area contributed by atoms with E-state index in [0.717, 1.165) is 64.2 Å². The first-order chi connectivity index (χ1) is 30.6. The van der Waals surface area contributed by atoms with Crippen LogP contribution in [0.2, 0.25) is 0 Å². The van der Waals surface area contributed by atoms with E-state index in [2.05, 4.69) is 74.6 Å². The third-order valence-electron chi connectivity index (χ3n) is 11.4. The summed E-state index contributed by atoms with van der Waals surface area (Å²) in [5, 5.41) is 11.7. The van der Waals surface area contributed by atoms with E-state index < -0.39 is 18.1 Å². The molecule has 0 heterocycles. The van der Waals surface area contributed by atoms with E-state index in [1.165, 1.54) is 122 Å². The molecule has 0 bridgehead atoms. The van der Waals surface area contributed by atoms with Gasteiger partial charge in [0.15, 0.2) is 6.10 Å². The van der Waals surface area contributed by atoms with E-state index >= 15 is 0 Å². The van der Waals surface area contributed by atoms with Crippen LogP contribution in [0.3, 0.4) is 0 Å². The van der Waals surface area contributed by atoms with E-state index in [-0.39, 0.29) is 42.7 Å². The van der Waals surface area contributed by atoms with Crippen LogP contribution >= 0.6 is 0 Å². The first-order valence-electron chi connectivity index (χ1n) is 25.8. The number of rotatable bonds is 46. The average molecular weight is 884 g/mol. The minimum absolute atomic E-state index is 0.0367. The molecule has 0 aliphatic carbocycles. The molecule has 0 N–H and O–H groups in total. The highest BCUT2D eigenvalue weighted by Crippen LogP contribution is 2.15. The molecule has 63 heavy (non-hydrogen) atoms. The van der Waals surface area contributed by atoms with Gasteiger partial charge in [-0.15, -0.1) is 0 Å². The number of ether oxygens (including phenoxy) is 3. The third-order valence-corrected chi connectivity index (χ3v) is 11.4. The highest BCUT2D eigenvalue weighted by Gasteiger charge is 2.25. The number of esters is 2. The van der Waals surface area contributed by atoms with E-state index in [0.29, 0.717) is 12.8 Å². The predicted molar refractivity (Wildman–Crippen MR) is 263 cm³/mol. The summed E-state index contributed by atoms with van der Waals surface area (Å²) < 4.78 is 17.2. The molecule has 0 rings (SSSR count). The lowest BCUT2D eigenvalue weighted by molar-refractivity contribution is -0.889. The molecule has 0 aromatic heterocycles. The Kier molecular flexibility index (Phi) is 43.4. The van der Waals surface area contributed by atoms with Crippen LogP contribution in [0, 0.1) is 0 Å². The van der Waals surface area contributed by atoms with Gasteiger partial charge in [0.1, 0.15) is 12.6 Å². The zero-order valence-corrected chi connectivity index (χ0v) is 41.5. The number of hydrogen-bond acceptors (Lipinski definition) is 7. The summed E-state index contributed by atoms with van der Waals surface area (Å²) in [7, 11) is 5.41. The van der Waals surface area contributed by atoms with Gasteiger partial charge in [-0.05, 0) is 70.6 Å². The van der Waals surface area contributed by atoms with E-state index in [1.54, 1.807) is 21.1 Å². The number of likely N-dealkylation sites (N-methyl/N-ethyl adjacent to an activating group) is 1. The first kappa shape index (κ1) is 60.0. The van der Waals surface area contributed by atoms with Gasteiger partial charge in [-0.3, -0.25) is 9.59 Å². The molecule has 0 amide bonds. The molecule has 0 saturated carbocycles. The Labute approximate surface area is 388 Å². The summed E-state index contributed by atoms with van der Waals surface area (Å²) in [5.74, 6) is -1.74. The Morgan fingerprint density at radius 2 is 0.937 bits per heavy atom. The van der Waals surface area contributed by atoms with Gasteiger partial charge in [0.05, 0.1) is 40.3 Å². The van der Waals surface area contributed by atoms with Crippen molar-refractivity contribution in [2.75, 3.05) is 41.0 Å². The van der Waals surface area contributed by atoms with Crippen molar-refractivity contribution in [3.63, 3.8) is 0 Å². The minimum atomic E-state index is -1.13.